The number of carbonyl (C=O) groups excluding carboxylic acids is 1. The van der Waals surface area contributed by atoms with E-state index in [1.807, 2.05) is 12.1 Å². The highest BCUT2D eigenvalue weighted by Gasteiger charge is 2.37. The van der Waals surface area contributed by atoms with Crippen LogP contribution in [0.25, 0.3) is 0 Å². The molecule has 3 heteroatoms. The highest BCUT2D eigenvalue weighted by molar-refractivity contribution is 5.92. The van der Waals surface area contributed by atoms with Crippen LogP contribution < -0.4 is 5.56 Å². The van der Waals surface area contributed by atoms with E-state index in [2.05, 4.69) is 11.9 Å². The van der Waals surface area contributed by atoms with Gasteiger partial charge in [-0.3, -0.25) is 9.59 Å². The van der Waals surface area contributed by atoms with Crippen molar-refractivity contribution in [3.63, 3.8) is 0 Å². The van der Waals surface area contributed by atoms with E-state index >= 15 is 0 Å². The molecule has 1 heterocycles. The lowest BCUT2D eigenvalue weighted by atomic mass is 9.71. The van der Waals surface area contributed by atoms with Gasteiger partial charge in [-0.15, -0.1) is 0 Å². The van der Waals surface area contributed by atoms with Gasteiger partial charge in [0.25, 0.3) is 0 Å². The minimum Gasteiger partial charge on any atom is -0.326 e. The number of carbonyl (C=O) groups is 1. The molecular formula is C13H13NO2. The molecule has 0 saturated carbocycles. The van der Waals surface area contributed by atoms with Crippen molar-refractivity contribution in [1.82, 2.24) is 4.98 Å². The number of nitrogens with one attached hydrogen (secondary N) is 1. The molecule has 2 aliphatic carbocycles. The molecule has 82 valence electrons. The monoisotopic (exact) mass is 215 g/mol. The molecule has 2 aliphatic rings. The first-order valence-electron chi connectivity index (χ1n) is 5.58. The van der Waals surface area contributed by atoms with Crippen LogP contribution in [-0.4, -0.2) is 10.8 Å². The van der Waals surface area contributed by atoms with Crippen molar-refractivity contribution in [2.45, 2.75) is 25.7 Å². The fourth-order valence-corrected chi connectivity index (χ4v) is 2.84. The summed E-state index contributed by atoms with van der Waals surface area (Å²) in [5, 5.41) is 0. The Kier molecular flexibility index (Phi) is 1.90. The Labute approximate surface area is 93.2 Å². The summed E-state index contributed by atoms with van der Waals surface area (Å²) >= 11 is 0. The predicted molar refractivity (Wildman–Crippen MR) is 60.4 cm³/mol. The molecule has 1 N–H and O–H groups in total. The van der Waals surface area contributed by atoms with Crippen LogP contribution in [0.15, 0.2) is 28.6 Å². The van der Waals surface area contributed by atoms with Gasteiger partial charge < -0.3 is 4.98 Å². The van der Waals surface area contributed by atoms with E-state index in [1.165, 1.54) is 11.6 Å². The Morgan fingerprint density at radius 1 is 1.25 bits per heavy atom. The second-order valence-corrected chi connectivity index (χ2v) is 4.74. The van der Waals surface area contributed by atoms with Gasteiger partial charge in [0.2, 0.25) is 5.56 Å². The molecule has 3 rings (SSSR count). The van der Waals surface area contributed by atoms with Gasteiger partial charge in [-0.1, -0.05) is 17.7 Å². The molecular weight excluding hydrogens is 202 g/mol. The van der Waals surface area contributed by atoms with E-state index in [1.54, 1.807) is 0 Å². The highest BCUT2D eigenvalue weighted by Crippen LogP contribution is 2.39. The minimum absolute atomic E-state index is 0.0238. The van der Waals surface area contributed by atoms with Gasteiger partial charge in [0, 0.05) is 30.0 Å². The van der Waals surface area contributed by atoms with Gasteiger partial charge in [0.15, 0.2) is 0 Å². The standard InChI is InChI=1S/C13H13NO2/c1-7-4-8-6-11-9(2-3-12(15)14-11)10(5-7)13(8)16/h2-4,8,10H,5-6H2,1H3,(H,14,15)/t8-,10+/m0/s1. The fraction of sp³-hybridized carbons (Fsp3) is 0.385. The zero-order chi connectivity index (χ0) is 11.3. The van der Waals surface area contributed by atoms with Crippen LogP contribution in [-0.2, 0) is 11.2 Å². The summed E-state index contributed by atoms with van der Waals surface area (Å²) in [6.07, 6.45) is 3.50. The summed E-state index contributed by atoms with van der Waals surface area (Å²) in [6.45, 7) is 2.07. The molecule has 16 heavy (non-hydrogen) atoms. The number of hydrogen-bond acceptors (Lipinski definition) is 2. The zero-order valence-electron chi connectivity index (χ0n) is 9.12. The first-order chi connectivity index (χ1) is 7.65. The van der Waals surface area contributed by atoms with Crippen molar-refractivity contribution in [3.05, 3.63) is 45.4 Å². The van der Waals surface area contributed by atoms with Crippen LogP contribution >= 0.6 is 0 Å². The molecule has 0 aliphatic heterocycles. The average Bonchev–Trinajstić information content (AvgIpc) is 2.21. The first kappa shape index (κ1) is 9.58. The van der Waals surface area contributed by atoms with E-state index in [4.69, 9.17) is 0 Å². The first-order valence-corrected chi connectivity index (χ1v) is 5.58. The molecule has 2 atom stereocenters. The number of rotatable bonds is 0. The third kappa shape index (κ3) is 1.28. The lowest BCUT2D eigenvalue weighted by Crippen LogP contribution is -2.34. The van der Waals surface area contributed by atoms with Crippen LogP contribution in [0.4, 0.5) is 0 Å². The quantitative estimate of drug-likeness (QED) is 0.667. The van der Waals surface area contributed by atoms with E-state index < -0.39 is 0 Å². The van der Waals surface area contributed by atoms with Gasteiger partial charge in [-0.25, -0.2) is 0 Å². The zero-order valence-corrected chi connectivity index (χ0v) is 9.12. The van der Waals surface area contributed by atoms with Crippen LogP contribution in [0.1, 0.15) is 30.5 Å². The maximum atomic E-state index is 12.1. The van der Waals surface area contributed by atoms with E-state index in [-0.39, 0.29) is 17.4 Å². The molecule has 0 fully saturated rings. The van der Waals surface area contributed by atoms with Crippen molar-refractivity contribution in [1.29, 1.82) is 0 Å². The molecule has 0 unspecified atom stereocenters. The summed E-state index contributed by atoms with van der Waals surface area (Å²) in [6, 6.07) is 3.33. The Hall–Kier alpha value is -1.64. The largest absolute Gasteiger partial charge is 0.326 e. The second kappa shape index (κ2) is 3.17. The molecule has 1 aromatic rings. The van der Waals surface area contributed by atoms with Crippen LogP contribution in [0.3, 0.4) is 0 Å². The summed E-state index contributed by atoms with van der Waals surface area (Å²) in [7, 11) is 0. The maximum Gasteiger partial charge on any atom is 0.248 e. The molecule has 0 saturated heterocycles. The molecule has 0 aromatic carbocycles. The highest BCUT2D eigenvalue weighted by atomic mass is 16.1. The average molecular weight is 215 g/mol. The van der Waals surface area contributed by atoms with Gasteiger partial charge in [-0.05, 0) is 18.9 Å². The summed E-state index contributed by atoms with van der Waals surface area (Å²) in [5.74, 6) is 0.255. The van der Waals surface area contributed by atoms with Crippen LogP contribution in [0, 0.1) is 5.92 Å². The Morgan fingerprint density at radius 3 is 2.88 bits per heavy atom. The SMILES string of the molecule is CC1=C[C@H]2Cc3[nH]c(=O)ccc3[C@@H](C1)C2=O. The molecule has 3 nitrogen and oxygen atoms in total. The fourth-order valence-electron chi connectivity index (χ4n) is 2.84. The van der Waals surface area contributed by atoms with Crippen molar-refractivity contribution in [2.75, 3.05) is 0 Å². The van der Waals surface area contributed by atoms with Crippen molar-refractivity contribution in [2.24, 2.45) is 5.92 Å². The van der Waals surface area contributed by atoms with Crippen molar-refractivity contribution in [3.8, 4) is 0 Å². The summed E-state index contributed by atoms with van der Waals surface area (Å²) < 4.78 is 0. The Morgan fingerprint density at radius 2 is 2.06 bits per heavy atom. The maximum absolute atomic E-state index is 12.1. The van der Waals surface area contributed by atoms with Crippen LogP contribution in [0.2, 0.25) is 0 Å². The van der Waals surface area contributed by atoms with Gasteiger partial charge in [0.05, 0.1) is 0 Å². The van der Waals surface area contributed by atoms with Gasteiger partial charge in [-0.2, -0.15) is 0 Å². The number of hydrogen-bond donors (Lipinski definition) is 1. The van der Waals surface area contributed by atoms with Crippen molar-refractivity contribution < 1.29 is 4.79 Å². The third-order valence-corrected chi connectivity index (χ3v) is 3.56. The van der Waals surface area contributed by atoms with E-state index in [0.29, 0.717) is 12.2 Å². The normalized spacial score (nSPS) is 27.3. The molecule has 2 bridgehead atoms. The summed E-state index contributed by atoms with van der Waals surface area (Å²) in [4.78, 5) is 26.2. The number of ketones is 1. The minimum atomic E-state index is -0.0770. The van der Waals surface area contributed by atoms with Crippen LogP contribution in [0.5, 0.6) is 0 Å². The van der Waals surface area contributed by atoms with Gasteiger partial charge in [0.1, 0.15) is 5.78 Å². The summed E-state index contributed by atoms with van der Waals surface area (Å²) in [5.41, 5.74) is 3.18. The number of allylic oxidation sites excluding steroid dienone is 2. The Balaban J connectivity index is 2.18. The van der Waals surface area contributed by atoms with E-state index in [9.17, 15) is 9.59 Å². The Bertz CT molecular complexity index is 553. The lowest BCUT2D eigenvalue weighted by Gasteiger charge is -2.32. The molecule has 0 spiro atoms. The number of pyridine rings is 1. The second-order valence-electron chi connectivity index (χ2n) is 4.74. The predicted octanol–water partition coefficient (Wildman–Crippen LogP) is 1.55. The third-order valence-electron chi connectivity index (χ3n) is 3.56. The number of H-pyrrole nitrogens is 1. The molecule has 0 radical (unpaired) electrons. The van der Waals surface area contributed by atoms with Gasteiger partial charge >= 0.3 is 0 Å². The number of Topliss-reactive ketones (excluding diaryl/α,β-unsaturated/α-hetero) is 1. The van der Waals surface area contributed by atoms with Crippen molar-refractivity contribution >= 4 is 5.78 Å². The number of aromatic nitrogens is 1. The molecule has 1 aromatic heterocycles. The number of fused-ring (bicyclic) bond motifs is 4. The molecule has 0 amide bonds. The number of aromatic amines is 1. The van der Waals surface area contributed by atoms with E-state index in [0.717, 1.165) is 17.7 Å². The topological polar surface area (TPSA) is 49.9 Å². The smallest absolute Gasteiger partial charge is 0.248 e. The lowest BCUT2D eigenvalue weighted by molar-refractivity contribution is -0.124.